The highest BCUT2D eigenvalue weighted by atomic mass is 19.1. The van der Waals surface area contributed by atoms with E-state index in [4.69, 9.17) is 0 Å². The van der Waals surface area contributed by atoms with Crippen molar-refractivity contribution in [1.29, 1.82) is 0 Å². The van der Waals surface area contributed by atoms with Crippen LogP contribution >= 0.6 is 0 Å². The molecule has 0 bridgehead atoms. The molecule has 1 N–H and O–H groups in total. The Balaban J connectivity index is 2.21. The summed E-state index contributed by atoms with van der Waals surface area (Å²) in [4.78, 5) is 20.0. The predicted molar refractivity (Wildman–Crippen MR) is 70.5 cm³/mol. The highest BCUT2D eigenvalue weighted by molar-refractivity contribution is 6.04. The Bertz CT molecular complexity index is 642. The van der Waals surface area contributed by atoms with Gasteiger partial charge in [0.05, 0.1) is 23.6 Å². The molecule has 104 valence electrons. The lowest BCUT2D eigenvalue weighted by Crippen LogP contribution is -2.15. The molecular formula is C14H13F2N3O. The number of aryl methyl sites for hydroxylation is 2. The number of anilines is 1. The summed E-state index contributed by atoms with van der Waals surface area (Å²) >= 11 is 0. The highest BCUT2D eigenvalue weighted by Gasteiger charge is 2.15. The SMILES string of the molecule is CCc1ncc(NC(=O)c2cc(C)c(F)cc2F)cn1. The summed E-state index contributed by atoms with van der Waals surface area (Å²) < 4.78 is 26.7. The third-order valence-corrected chi connectivity index (χ3v) is 2.77. The van der Waals surface area contributed by atoms with Crippen LogP contribution in [0.5, 0.6) is 0 Å². The second-order valence-corrected chi connectivity index (χ2v) is 4.28. The van der Waals surface area contributed by atoms with Gasteiger partial charge in [-0.15, -0.1) is 0 Å². The Morgan fingerprint density at radius 1 is 1.20 bits per heavy atom. The van der Waals surface area contributed by atoms with Crippen LogP contribution in [0.15, 0.2) is 24.5 Å². The molecule has 1 amide bonds. The second kappa shape index (κ2) is 5.73. The van der Waals surface area contributed by atoms with E-state index in [0.717, 1.165) is 0 Å². The number of aromatic nitrogens is 2. The van der Waals surface area contributed by atoms with E-state index in [9.17, 15) is 13.6 Å². The number of halogens is 2. The minimum Gasteiger partial charge on any atom is -0.319 e. The molecule has 0 radical (unpaired) electrons. The fraction of sp³-hybridized carbons (Fsp3) is 0.214. The van der Waals surface area contributed by atoms with Crippen molar-refractivity contribution in [2.75, 3.05) is 5.32 Å². The number of hydrogen-bond donors (Lipinski definition) is 1. The van der Waals surface area contributed by atoms with Crippen LogP contribution in [0.2, 0.25) is 0 Å². The molecule has 0 fully saturated rings. The van der Waals surface area contributed by atoms with Crippen molar-refractivity contribution >= 4 is 11.6 Å². The number of hydrogen-bond acceptors (Lipinski definition) is 3. The molecule has 1 heterocycles. The molecule has 0 aliphatic carbocycles. The summed E-state index contributed by atoms with van der Waals surface area (Å²) in [7, 11) is 0. The fourth-order valence-electron chi connectivity index (χ4n) is 1.63. The Hall–Kier alpha value is -2.37. The Morgan fingerprint density at radius 3 is 2.45 bits per heavy atom. The Morgan fingerprint density at radius 2 is 1.85 bits per heavy atom. The highest BCUT2D eigenvalue weighted by Crippen LogP contribution is 2.16. The molecule has 6 heteroatoms. The molecule has 0 saturated carbocycles. The summed E-state index contributed by atoms with van der Waals surface area (Å²) in [5, 5.41) is 2.47. The molecule has 4 nitrogen and oxygen atoms in total. The summed E-state index contributed by atoms with van der Waals surface area (Å²) in [5.41, 5.74) is 0.339. The number of benzene rings is 1. The van der Waals surface area contributed by atoms with Gasteiger partial charge in [0.1, 0.15) is 17.5 Å². The number of carbonyl (C=O) groups excluding carboxylic acids is 1. The van der Waals surface area contributed by atoms with Gasteiger partial charge in [0.15, 0.2) is 0 Å². The van der Waals surface area contributed by atoms with Crippen LogP contribution in [0.3, 0.4) is 0 Å². The van der Waals surface area contributed by atoms with Crippen LogP contribution in [0.1, 0.15) is 28.7 Å². The summed E-state index contributed by atoms with van der Waals surface area (Å²) in [5.74, 6) is -1.61. The van der Waals surface area contributed by atoms with E-state index in [1.54, 1.807) is 0 Å². The molecule has 0 saturated heterocycles. The van der Waals surface area contributed by atoms with Crippen LogP contribution in [-0.2, 0) is 6.42 Å². The van der Waals surface area contributed by atoms with Gasteiger partial charge in [-0.2, -0.15) is 0 Å². The molecule has 0 aliphatic rings. The first kappa shape index (κ1) is 14.0. The van der Waals surface area contributed by atoms with Crippen molar-refractivity contribution in [2.45, 2.75) is 20.3 Å². The fourth-order valence-corrected chi connectivity index (χ4v) is 1.63. The second-order valence-electron chi connectivity index (χ2n) is 4.28. The first-order valence-electron chi connectivity index (χ1n) is 6.09. The smallest absolute Gasteiger partial charge is 0.258 e. The zero-order chi connectivity index (χ0) is 14.7. The third kappa shape index (κ3) is 2.96. The molecular weight excluding hydrogens is 264 g/mol. The minimum absolute atomic E-state index is 0.203. The van der Waals surface area contributed by atoms with Crippen LogP contribution in [0.25, 0.3) is 0 Å². The van der Waals surface area contributed by atoms with Crippen molar-refractivity contribution in [1.82, 2.24) is 9.97 Å². The van der Waals surface area contributed by atoms with Gasteiger partial charge < -0.3 is 5.32 Å². The van der Waals surface area contributed by atoms with Gasteiger partial charge in [0.2, 0.25) is 0 Å². The standard InChI is InChI=1S/C14H13F2N3O/c1-3-13-17-6-9(7-18-13)19-14(20)10-4-8(2)11(15)5-12(10)16/h4-7H,3H2,1-2H3,(H,19,20). The summed E-state index contributed by atoms with van der Waals surface area (Å²) in [6.45, 7) is 3.37. The Kier molecular flexibility index (Phi) is 4.02. The maximum absolute atomic E-state index is 13.6. The van der Waals surface area contributed by atoms with Crippen LogP contribution in [0, 0.1) is 18.6 Å². The number of nitrogens with one attached hydrogen (secondary N) is 1. The van der Waals surface area contributed by atoms with E-state index >= 15 is 0 Å². The van der Waals surface area contributed by atoms with Gasteiger partial charge in [0, 0.05) is 12.5 Å². The van der Waals surface area contributed by atoms with Crippen LogP contribution in [0.4, 0.5) is 14.5 Å². The van der Waals surface area contributed by atoms with E-state index in [1.165, 1.54) is 25.4 Å². The average molecular weight is 277 g/mol. The number of nitrogens with zero attached hydrogens (tertiary/aromatic N) is 2. The van der Waals surface area contributed by atoms with Gasteiger partial charge >= 0.3 is 0 Å². The van der Waals surface area contributed by atoms with Gasteiger partial charge in [-0.05, 0) is 18.6 Å². The first-order chi connectivity index (χ1) is 9.51. The van der Waals surface area contributed by atoms with Crippen molar-refractivity contribution in [2.24, 2.45) is 0 Å². The molecule has 20 heavy (non-hydrogen) atoms. The summed E-state index contributed by atoms with van der Waals surface area (Å²) in [6, 6.07) is 1.86. The molecule has 0 unspecified atom stereocenters. The van der Waals surface area contributed by atoms with Crippen molar-refractivity contribution < 1.29 is 13.6 Å². The Labute approximate surface area is 114 Å². The molecule has 0 atom stereocenters. The number of carbonyl (C=O) groups is 1. The van der Waals surface area contributed by atoms with E-state index in [0.29, 0.717) is 24.0 Å². The minimum atomic E-state index is -0.906. The maximum atomic E-state index is 13.6. The van der Waals surface area contributed by atoms with E-state index in [-0.39, 0.29) is 11.1 Å². The topological polar surface area (TPSA) is 54.9 Å². The van der Waals surface area contributed by atoms with E-state index in [1.807, 2.05) is 6.92 Å². The molecule has 0 spiro atoms. The van der Waals surface area contributed by atoms with Crippen LogP contribution in [-0.4, -0.2) is 15.9 Å². The van der Waals surface area contributed by atoms with Crippen molar-refractivity contribution in [3.8, 4) is 0 Å². The van der Waals surface area contributed by atoms with Crippen LogP contribution < -0.4 is 5.32 Å². The normalized spacial score (nSPS) is 10.4. The zero-order valence-corrected chi connectivity index (χ0v) is 11.1. The maximum Gasteiger partial charge on any atom is 0.258 e. The van der Waals surface area contributed by atoms with E-state index < -0.39 is 17.5 Å². The van der Waals surface area contributed by atoms with E-state index in [2.05, 4.69) is 15.3 Å². The predicted octanol–water partition coefficient (Wildman–Crippen LogP) is 2.88. The number of rotatable bonds is 3. The molecule has 0 aliphatic heterocycles. The lowest BCUT2D eigenvalue weighted by Gasteiger charge is -2.07. The first-order valence-corrected chi connectivity index (χ1v) is 6.09. The molecule has 1 aromatic heterocycles. The molecule has 2 rings (SSSR count). The summed E-state index contributed by atoms with van der Waals surface area (Å²) in [6.07, 6.45) is 3.57. The van der Waals surface area contributed by atoms with Gasteiger partial charge in [-0.3, -0.25) is 4.79 Å². The zero-order valence-electron chi connectivity index (χ0n) is 11.1. The largest absolute Gasteiger partial charge is 0.319 e. The molecule has 2 aromatic rings. The lowest BCUT2D eigenvalue weighted by molar-refractivity contribution is 0.102. The quantitative estimate of drug-likeness (QED) is 0.938. The lowest BCUT2D eigenvalue weighted by atomic mass is 10.1. The van der Waals surface area contributed by atoms with Crippen molar-refractivity contribution in [3.05, 3.63) is 53.1 Å². The van der Waals surface area contributed by atoms with Gasteiger partial charge in [0.25, 0.3) is 5.91 Å². The monoisotopic (exact) mass is 277 g/mol. The van der Waals surface area contributed by atoms with Gasteiger partial charge in [-0.25, -0.2) is 18.7 Å². The average Bonchev–Trinajstić information content (AvgIpc) is 2.43. The van der Waals surface area contributed by atoms with Gasteiger partial charge in [-0.1, -0.05) is 6.92 Å². The van der Waals surface area contributed by atoms with Crippen molar-refractivity contribution in [3.63, 3.8) is 0 Å². The molecule has 1 aromatic carbocycles. The number of amides is 1. The third-order valence-electron chi connectivity index (χ3n) is 2.77.